The average molecular weight is 306 g/mol. The number of rotatable bonds is 5. The van der Waals surface area contributed by atoms with E-state index in [0.717, 1.165) is 31.6 Å². The third kappa shape index (κ3) is 5.03. The second-order valence-corrected chi connectivity index (χ2v) is 8.51. The molecule has 0 saturated carbocycles. The lowest BCUT2D eigenvalue weighted by Gasteiger charge is -2.25. The summed E-state index contributed by atoms with van der Waals surface area (Å²) in [5.74, 6) is 1.37. The molecule has 1 aliphatic heterocycles. The van der Waals surface area contributed by atoms with E-state index in [0.29, 0.717) is 12.3 Å². The van der Waals surface area contributed by atoms with Crippen LogP contribution in [0.5, 0.6) is 0 Å². The zero-order valence-corrected chi connectivity index (χ0v) is 14.2. The molecule has 3 nitrogen and oxygen atoms in total. The van der Waals surface area contributed by atoms with E-state index in [1.54, 1.807) is 0 Å². The van der Waals surface area contributed by atoms with E-state index in [-0.39, 0.29) is 10.8 Å². The Labute approximate surface area is 132 Å². The number of hydrogen-bond donors (Lipinski definition) is 0. The van der Waals surface area contributed by atoms with Crippen LogP contribution in [0.2, 0.25) is 0 Å². The highest BCUT2D eigenvalue weighted by Gasteiger charge is 2.29. The van der Waals surface area contributed by atoms with Gasteiger partial charge in [-0.05, 0) is 42.7 Å². The second-order valence-electron chi connectivity index (χ2n) is 6.59. The Balaban J connectivity index is 1.84. The van der Waals surface area contributed by atoms with E-state index < -0.39 is 0 Å². The molecule has 0 spiro atoms. The third-order valence-corrected chi connectivity index (χ3v) is 5.09. The molecule has 1 aromatic heterocycles. The van der Waals surface area contributed by atoms with Crippen molar-refractivity contribution < 1.29 is 4.79 Å². The lowest BCUT2D eigenvalue weighted by atomic mass is 10.1. The highest BCUT2D eigenvalue weighted by Crippen LogP contribution is 2.32. The van der Waals surface area contributed by atoms with Crippen LogP contribution in [0.25, 0.3) is 0 Å². The number of hydrogen-bond acceptors (Lipinski definition) is 3. The summed E-state index contributed by atoms with van der Waals surface area (Å²) in [6.07, 6.45) is 7.46. The van der Waals surface area contributed by atoms with Crippen LogP contribution in [0.15, 0.2) is 24.5 Å². The molecule has 1 amide bonds. The van der Waals surface area contributed by atoms with Crippen LogP contribution in [0.3, 0.4) is 0 Å². The fraction of sp³-hybridized carbons (Fsp3) is 0.647. The molecule has 116 valence electrons. The Morgan fingerprint density at radius 1 is 1.38 bits per heavy atom. The molecule has 1 aliphatic rings. The number of pyridine rings is 1. The second kappa shape index (κ2) is 7.30. The molecule has 21 heavy (non-hydrogen) atoms. The number of carbonyl (C=O) groups excluding carboxylic acids is 1. The maximum Gasteiger partial charge on any atom is 0.223 e. The first kappa shape index (κ1) is 16.3. The molecule has 1 aromatic rings. The van der Waals surface area contributed by atoms with Crippen LogP contribution >= 0.6 is 11.8 Å². The summed E-state index contributed by atoms with van der Waals surface area (Å²) in [6.45, 7) is 7.57. The van der Waals surface area contributed by atoms with Gasteiger partial charge < -0.3 is 4.90 Å². The molecule has 0 unspecified atom stereocenters. The summed E-state index contributed by atoms with van der Waals surface area (Å²) >= 11 is 1.94. The smallest absolute Gasteiger partial charge is 0.223 e. The van der Waals surface area contributed by atoms with Crippen molar-refractivity contribution >= 4 is 17.7 Å². The van der Waals surface area contributed by atoms with Crippen LogP contribution in [-0.4, -0.2) is 32.8 Å². The molecule has 0 aliphatic carbocycles. The van der Waals surface area contributed by atoms with Crippen molar-refractivity contribution in [3.8, 4) is 0 Å². The highest BCUT2D eigenvalue weighted by molar-refractivity contribution is 8.00. The van der Waals surface area contributed by atoms with Crippen molar-refractivity contribution in [1.82, 2.24) is 9.88 Å². The summed E-state index contributed by atoms with van der Waals surface area (Å²) < 4.78 is 0.288. The van der Waals surface area contributed by atoms with E-state index in [4.69, 9.17) is 0 Å². The summed E-state index contributed by atoms with van der Waals surface area (Å²) in [5.41, 5.74) is 1.22. The van der Waals surface area contributed by atoms with Gasteiger partial charge in [-0.2, -0.15) is 11.8 Å². The predicted octanol–water partition coefficient (Wildman–Crippen LogP) is 4.06. The van der Waals surface area contributed by atoms with E-state index in [1.807, 2.05) is 36.3 Å². The van der Waals surface area contributed by atoms with Gasteiger partial charge in [0.25, 0.3) is 0 Å². The summed E-state index contributed by atoms with van der Waals surface area (Å²) in [5, 5.41) is 0. The molecule has 1 atom stereocenters. The number of aromatic nitrogens is 1. The molecule has 4 heteroatoms. The quantitative estimate of drug-likeness (QED) is 0.769. The topological polar surface area (TPSA) is 33.2 Å². The summed E-state index contributed by atoms with van der Waals surface area (Å²) in [4.78, 5) is 18.6. The fourth-order valence-electron chi connectivity index (χ4n) is 2.74. The fourth-order valence-corrected chi connectivity index (χ4v) is 3.64. The molecule has 1 saturated heterocycles. The SMILES string of the molecule is CC(C)(C)SCCCC(=O)N1CCC[C@@H]1c1ccncc1. The lowest BCUT2D eigenvalue weighted by molar-refractivity contribution is -0.132. The normalized spacial score (nSPS) is 19.0. The van der Waals surface area contributed by atoms with Gasteiger partial charge in [0.15, 0.2) is 0 Å². The maximum absolute atomic E-state index is 12.5. The Morgan fingerprint density at radius 3 is 2.76 bits per heavy atom. The molecule has 2 heterocycles. The monoisotopic (exact) mass is 306 g/mol. The van der Waals surface area contributed by atoms with Crippen molar-refractivity contribution in [3.63, 3.8) is 0 Å². The van der Waals surface area contributed by atoms with Crippen LogP contribution in [0.4, 0.5) is 0 Å². The molecule has 0 bridgehead atoms. The first-order valence-electron chi connectivity index (χ1n) is 7.81. The van der Waals surface area contributed by atoms with Gasteiger partial charge in [-0.15, -0.1) is 0 Å². The van der Waals surface area contributed by atoms with Gasteiger partial charge in [-0.1, -0.05) is 20.8 Å². The number of amides is 1. The van der Waals surface area contributed by atoms with Crippen LogP contribution in [-0.2, 0) is 4.79 Å². The number of thioether (sulfide) groups is 1. The van der Waals surface area contributed by atoms with Crippen molar-refractivity contribution in [2.24, 2.45) is 0 Å². The van der Waals surface area contributed by atoms with Gasteiger partial charge >= 0.3 is 0 Å². The molecular weight excluding hydrogens is 280 g/mol. The Kier molecular flexibility index (Phi) is 5.68. The Morgan fingerprint density at radius 2 is 2.10 bits per heavy atom. The first-order chi connectivity index (χ1) is 9.97. The van der Waals surface area contributed by atoms with Gasteiger partial charge in [-0.3, -0.25) is 9.78 Å². The van der Waals surface area contributed by atoms with Gasteiger partial charge in [0.2, 0.25) is 5.91 Å². The lowest BCUT2D eigenvalue weighted by Crippen LogP contribution is -2.30. The molecular formula is C17H26N2OS. The minimum Gasteiger partial charge on any atom is -0.336 e. The van der Waals surface area contributed by atoms with E-state index >= 15 is 0 Å². The van der Waals surface area contributed by atoms with Gasteiger partial charge in [-0.25, -0.2) is 0 Å². The average Bonchev–Trinajstić information content (AvgIpc) is 2.93. The van der Waals surface area contributed by atoms with Crippen LogP contribution in [0.1, 0.15) is 58.1 Å². The van der Waals surface area contributed by atoms with Crippen LogP contribution in [0, 0.1) is 0 Å². The third-order valence-electron chi connectivity index (χ3n) is 3.73. The Bertz CT molecular complexity index is 456. The van der Waals surface area contributed by atoms with Gasteiger partial charge in [0.05, 0.1) is 6.04 Å². The molecule has 1 fully saturated rings. The van der Waals surface area contributed by atoms with Crippen molar-refractivity contribution in [3.05, 3.63) is 30.1 Å². The Hall–Kier alpha value is -1.03. The number of nitrogens with zero attached hydrogens (tertiary/aromatic N) is 2. The van der Waals surface area contributed by atoms with E-state index in [9.17, 15) is 4.79 Å². The van der Waals surface area contributed by atoms with E-state index in [1.165, 1.54) is 5.56 Å². The minimum atomic E-state index is 0.260. The molecule has 0 radical (unpaired) electrons. The van der Waals surface area contributed by atoms with Crippen molar-refractivity contribution in [2.45, 2.75) is 57.2 Å². The number of carbonyl (C=O) groups is 1. The van der Waals surface area contributed by atoms with Crippen molar-refractivity contribution in [1.29, 1.82) is 0 Å². The molecule has 2 rings (SSSR count). The molecule has 0 N–H and O–H groups in total. The maximum atomic E-state index is 12.5. The number of likely N-dealkylation sites (tertiary alicyclic amines) is 1. The van der Waals surface area contributed by atoms with Crippen LogP contribution < -0.4 is 0 Å². The van der Waals surface area contributed by atoms with E-state index in [2.05, 4.69) is 30.7 Å². The zero-order valence-electron chi connectivity index (χ0n) is 13.3. The zero-order chi connectivity index (χ0) is 15.3. The van der Waals surface area contributed by atoms with Gasteiger partial charge in [0, 0.05) is 30.1 Å². The highest BCUT2D eigenvalue weighted by atomic mass is 32.2. The largest absolute Gasteiger partial charge is 0.336 e. The summed E-state index contributed by atoms with van der Waals surface area (Å²) in [7, 11) is 0. The summed E-state index contributed by atoms with van der Waals surface area (Å²) in [6, 6.07) is 4.33. The molecule has 0 aromatic carbocycles. The minimum absolute atomic E-state index is 0.260. The standard InChI is InChI=1S/C17H26N2OS/c1-17(2,3)21-13-5-7-16(20)19-12-4-6-15(19)14-8-10-18-11-9-14/h8-11,15H,4-7,12-13H2,1-3H3/t15-/m1/s1. The first-order valence-corrected chi connectivity index (χ1v) is 8.79. The van der Waals surface area contributed by atoms with Crippen molar-refractivity contribution in [2.75, 3.05) is 12.3 Å². The predicted molar refractivity (Wildman–Crippen MR) is 89.4 cm³/mol. The van der Waals surface area contributed by atoms with Gasteiger partial charge in [0.1, 0.15) is 0 Å².